The Labute approximate surface area is 94.3 Å². The van der Waals surface area contributed by atoms with E-state index >= 15 is 0 Å². The number of rotatable bonds is 3. The predicted octanol–water partition coefficient (Wildman–Crippen LogP) is 0.986. The average Bonchev–Trinajstić information content (AvgIpc) is 2.86. The summed E-state index contributed by atoms with van der Waals surface area (Å²) in [6.45, 7) is 1.67. The van der Waals surface area contributed by atoms with E-state index in [0.29, 0.717) is 11.8 Å². The Morgan fingerprint density at radius 2 is 2.31 bits per heavy atom. The first-order valence-corrected chi connectivity index (χ1v) is 5.96. The Hall–Kier alpha value is -0.940. The molecule has 88 valence electrons. The Morgan fingerprint density at radius 1 is 1.44 bits per heavy atom. The van der Waals surface area contributed by atoms with Gasteiger partial charge in [0.1, 0.15) is 0 Å². The molecule has 0 aromatic carbocycles. The Bertz CT molecular complexity index is 367. The van der Waals surface area contributed by atoms with Gasteiger partial charge < -0.3 is 15.0 Å². The van der Waals surface area contributed by atoms with E-state index in [4.69, 9.17) is 15.0 Å². The third-order valence-corrected chi connectivity index (χ3v) is 3.64. The molecular weight excluding hydrogens is 206 g/mol. The standard InChI is InChI=1S/C11H17N3O2/c12-11(3-1-4-11)10-13-9(14-16-10)6-8-2-5-15-7-8/h8H,1-7,12H2. The molecule has 1 saturated carbocycles. The first kappa shape index (κ1) is 10.2. The summed E-state index contributed by atoms with van der Waals surface area (Å²) in [6, 6.07) is 0. The summed E-state index contributed by atoms with van der Waals surface area (Å²) in [5, 5.41) is 4.01. The van der Waals surface area contributed by atoms with E-state index < -0.39 is 0 Å². The van der Waals surface area contributed by atoms with Gasteiger partial charge in [-0.25, -0.2) is 0 Å². The molecular formula is C11H17N3O2. The van der Waals surface area contributed by atoms with Crippen LogP contribution in [-0.4, -0.2) is 23.4 Å². The van der Waals surface area contributed by atoms with E-state index in [9.17, 15) is 0 Å². The zero-order valence-electron chi connectivity index (χ0n) is 9.32. The zero-order chi connectivity index (χ0) is 11.0. The summed E-state index contributed by atoms with van der Waals surface area (Å²) in [5.74, 6) is 1.94. The maximum atomic E-state index is 6.12. The van der Waals surface area contributed by atoms with Crippen LogP contribution in [0.2, 0.25) is 0 Å². The molecule has 16 heavy (non-hydrogen) atoms. The van der Waals surface area contributed by atoms with Gasteiger partial charge in [0.25, 0.3) is 0 Å². The van der Waals surface area contributed by atoms with Crippen molar-refractivity contribution in [2.75, 3.05) is 13.2 Å². The maximum absolute atomic E-state index is 6.12. The minimum atomic E-state index is -0.336. The monoisotopic (exact) mass is 223 g/mol. The number of hydrogen-bond acceptors (Lipinski definition) is 5. The van der Waals surface area contributed by atoms with Crippen molar-refractivity contribution in [3.63, 3.8) is 0 Å². The van der Waals surface area contributed by atoms with Gasteiger partial charge in [-0.3, -0.25) is 0 Å². The molecule has 0 bridgehead atoms. The lowest BCUT2D eigenvalue weighted by molar-refractivity contribution is 0.180. The summed E-state index contributed by atoms with van der Waals surface area (Å²) in [6.07, 6.45) is 5.02. The van der Waals surface area contributed by atoms with Crippen molar-refractivity contribution in [3.05, 3.63) is 11.7 Å². The van der Waals surface area contributed by atoms with Crippen LogP contribution in [0.15, 0.2) is 4.52 Å². The van der Waals surface area contributed by atoms with Crippen molar-refractivity contribution in [1.82, 2.24) is 10.1 Å². The highest BCUT2D eigenvalue weighted by Gasteiger charge is 2.40. The lowest BCUT2D eigenvalue weighted by atomic mass is 9.78. The van der Waals surface area contributed by atoms with E-state index in [-0.39, 0.29) is 5.54 Å². The van der Waals surface area contributed by atoms with Gasteiger partial charge in [-0.05, 0) is 31.6 Å². The Balaban J connectivity index is 1.67. The van der Waals surface area contributed by atoms with Gasteiger partial charge in [0.05, 0.1) is 5.54 Å². The first-order chi connectivity index (χ1) is 7.76. The van der Waals surface area contributed by atoms with Crippen LogP contribution in [0.1, 0.15) is 37.4 Å². The van der Waals surface area contributed by atoms with Crippen LogP contribution in [0.4, 0.5) is 0 Å². The van der Waals surface area contributed by atoms with Gasteiger partial charge in [0.15, 0.2) is 5.82 Å². The highest BCUT2D eigenvalue weighted by Crippen LogP contribution is 2.37. The molecule has 2 fully saturated rings. The van der Waals surface area contributed by atoms with Crippen molar-refractivity contribution >= 4 is 0 Å². The molecule has 3 rings (SSSR count). The first-order valence-electron chi connectivity index (χ1n) is 5.96. The van der Waals surface area contributed by atoms with Gasteiger partial charge in [-0.2, -0.15) is 4.98 Å². The van der Waals surface area contributed by atoms with E-state index in [0.717, 1.165) is 51.1 Å². The number of aromatic nitrogens is 2. The topological polar surface area (TPSA) is 74.2 Å². The van der Waals surface area contributed by atoms with Crippen molar-refractivity contribution in [3.8, 4) is 0 Å². The normalized spacial score (nSPS) is 27.9. The molecule has 1 saturated heterocycles. The summed E-state index contributed by atoms with van der Waals surface area (Å²) in [5.41, 5.74) is 5.79. The van der Waals surface area contributed by atoms with Crippen LogP contribution in [-0.2, 0) is 16.7 Å². The van der Waals surface area contributed by atoms with Crippen LogP contribution in [0.5, 0.6) is 0 Å². The average molecular weight is 223 g/mol. The molecule has 1 aromatic rings. The van der Waals surface area contributed by atoms with Crippen molar-refractivity contribution in [2.45, 2.75) is 37.6 Å². The minimum absolute atomic E-state index is 0.336. The van der Waals surface area contributed by atoms with E-state index in [2.05, 4.69) is 10.1 Å². The molecule has 1 aliphatic heterocycles. The van der Waals surface area contributed by atoms with Crippen LogP contribution in [0.3, 0.4) is 0 Å². The van der Waals surface area contributed by atoms with Crippen molar-refractivity contribution < 1.29 is 9.26 Å². The van der Waals surface area contributed by atoms with Gasteiger partial charge in [0, 0.05) is 19.6 Å². The van der Waals surface area contributed by atoms with Gasteiger partial charge >= 0.3 is 0 Å². The minimum Gasteiger partial charge on any atom is -0.381 e. The molecule has 5 nitrogen and oxygen atoms in total. The van der Waals surface area contributed by atoms with Crippen molar-refractivity contribution in [1.29, 1.82) is 0 Å². The highest BCUT2D eigenvalue weighted by atomic mass is 16.5. The van der Waals surface area contributed by atoms with Gasteiger partial charge in [-0.1, -0.05) is 5.16 Å². The molecule has 1 aliphatic carbocycles. The third-order valence-electron chi connectivity index (χ3n) is 3.64. The van der Waals surface area contributed by atoms with E-state index in [1.807, 2.05) is 0 Å². The molecule has 1 aromatic heterocycles. The lowest BCUT2D eigenvalue weighted by Crippen LogP contribution is -2.43. The molecule has 2 N–H and O–H groups in total. The van der Waals surface area contributed by atoms with Gasteiger partial charge in [-0.15, -0.1) is 0 Å². The smallest absolute Gasteiger partial charge is 0.246 e. The summed E-state index contributed by atoms with van der Waals surface area (Å²) in [7, 11) is 0. The predicted molar refractivity (Wildman–Crippen MR) is 56.6 cm³/mol. The zero-order valence-corrected chi connectivity index (χ0v) is 9.32. The molecule has 0 amide bonds. The fraction of sp³-hybridized carbons (Fsp3) is 0.818. The SMILES string of the molecule is NC1(c2nc(CC3CCOC3)no2)CCC1. The molecule has 1 unspecified atom stereocenters. The third kappa shape index (κ3) is 1.74. The second kappa shape index (κ2) is 3.82. The Kier molecular flexibility index (Phi) is 2.44. The largest absolute Gasteiger partial charge is 0.381 e. The summed E-state index contributed by atoms with van der Waals surface area (Å²) < 4.78 is 10.6. The molecule has 1 atom stereocenters. The molecule has 0 radical (unpaired) electrons. The highest BCUT2D eigenvalue weighted by molar-refractivity contribution is 5.07. The molecule has 5 heteroatoms. The molecule has 0 spiro atoms. The number of hydrogen-bond donors (Lipinski definition) is 1. The van der Waals surface area contributed by atoms with Crippen molar-refractivity contribution in [2.24, 2.45) is 11.7 Å². The second-order valence-electron chi connectivity index (χ2n) is 4.96. The van der Waals surface area contributed by atoms with Crippen LogP contribution >= 0.6 is 0 Å². The van der Waals surface area contributed by atoms with Gasteiger partial charge in [0.2, 0.25) is 5.89 Å². The fourth-order valence-electron chi connectivity index (χ4n) is 2.31. The van der Waals surface area contributed by atoms with E-state index in [1.165, 1.54) is 0 Å². The van der Waals surface area contributed by atoms with Crippen LogP contribution in [0.25, 0.3) is 0 Å². The fourth-order valence-corrected chi connectivity index (χ4v) is 2.31. The lowest BCUT2D eigenvalue weighted by Gasteiger charge is -2.33. The second-order valence-corrected chi connectivity index (χ2v) is 4.96. The summed E-state index contributed by atoms with van der Waals surface area (Å²) in [4.78, 5) is 4.41. The molecule has 2 heterocycles. The molecule has 2 aliphatic rings. The summed E-state index contributed by atoms with van der Waals surface area (Å²) >= 11 is 0. The number of nitrogens with zero attached hydrogens (tertiary/aromatic N) is 2. The number of ether oxygens (including phenoxy) is 1. The van der Waals surface area contributed by atoms with Crippen LogP contribution < -0.4 is 5.73 Å². The van der Waals surface area contributed by atoms with Crippen LogP contribution in [0, 0.1) is 5.92 Å². The Morgan fingerprint density at radius 3 is 2.94 bits per heavy atom. The van der Waals surface area contributed by atoms with E-state index in [1.54, 1.807) is 0 Å². The maximum Gasteiger partial charge on any atom is 0.246 e. The number of nitrogens with two attached hydrogens (primary N) is 1. The quantitative estimate of drug-likeness (QED) is 0.827.